The summed E-state index contributed by atoms with van der Waals surface area (Å²) in [5.74, 6) is 1.20. The van der Waals surface area contributed by atoms with Gasteiger partial charge in [-0.15, -0.1) is 0 Å². The standard InChI is InChI=1S/C57H34N4O2S/c62-64(63)51-26-14-11-23-44(51)54-52(64)30-29-47-53(54)43-22-10-13-25-46(43)57(47)45-24-12-9-21-41(45)39-19-7-8-20-40(39)42-28-27-37(31-48(42)57)56-60-49(35-15-3-1-4-16-35)32-50(61-56)38-33-58-55(59-34-38)36-17-5-2-6-18-36/h1-34H. The number of sulfone groups is 1. The summed E-state index contributed by atoms with van der Waals surface area (Å²) in [5, 5.41) is 0. The third-order valence-corrected chi connectivity index (χ3v) is 15.1. The molecule has 2 aliphatic carbocycles. The molecule has 6 nitrogen and oxygen atoms in total. The molecule has 3 heterocycles. The van der Waals surface area contributed by atoms with E-state index < -0.39 is 15.3 Å². The number of hydrogen-bond acceptors (Lipinski definition) is 6. The number of aromatic nitrogens is 4. The van der Waals surface area contributed by atoms with Gasteiger partial charge in [0.1, 0.15) is 0 Å². The normalized spacial score (nSPS) is 15.5. The Morgan fingerprint density at radius 2 is 0.891 bits per heavy atom. The molecule has 300 valence electrons. The van der Waals surface area contributed by atoms with Crippen molar-refractivity contribution in [3.05, 3.63) is 229 Å². The molecular weight excluding hydrogens is 805 g/mol. The minimum Gasteiger partial charge on any atom is -0.236 e. The van der Waals surface area contributed by atoms with Crippen LogP contribution in [0.1, 0.15) is 22.3 Å². The van der Waals surface area contributed by atoms with E-state index in [0.717, 1.165) is 94.7 Å². The SMILES string of the molecule is O=S1(=O)c2ccccc2-c2c1ccc1c2-c2ccccc2C12c1ccccc1-c1ccccc1-c1ccc(-c3nc(-c4ccccc4)cc(-c4cnc(-c5ccccc5)nc4)n3)cc12. The number of rotatable bonds is 4. The van der Waals surface area contributed by atoms with E-state index in [2.05, 4.69) is 109 Å². The molecule has 0 saturated heterocycles. The molecule has 13 rings (SSSR count). The van der Waals surface area contributed by atoms with Gasteiger partial charge in [0, 0.05) is 45.8 Å². The molecule has 3 aliphatic rings. The van der Waals surface area contributed by atoms with Gasteiger partial charge in [-0.05, 0) is 79.9 Å². The number of hydrogen-bond donors (Lipinski definition) is 0. The molecule has 0 saturated carbocycles. The first-order valence-electron chi connectivity index (χ1n) is 21.3. The summed E-state index contributed by atoms with van der Waals surface area (Å²) in [5.41, 5.74) is 16.4. The van der Waals surface area contributed by atoms with Gasteiger partial charge in [0.25, 0.3) is 0 Å². The first-order valence-corrected chi connectivity index (χ1v) is 22.8. The third kappa shape index (κ3) is 5.10. The van der Waals surface area contributed by atoms with Crippen LogP contribution >= 0.6 is 0 Å². The van der Waals surface area contributed by atoms with E-state index in [0.29, 0.717) is 27.1 Å². The summed E-state index contributed by atoms with van der Waals surface area (Å²) in [6.07, 6.45) is 3.67. The fourth-order valence-electron chi connectivity index (χ4n) is 10.5. The van der Waals surface area contributed by atoms with Crippen LogP contribution in [0.2, 0.25) is 0 Å². The van der Waals surface area contributed by atoms with Crippen molar-refractivity contribution < 1.29 is 8.42 Å². The van der Waals surface area contributed by atoms with Crippen LogP contribution in [0.4, 0.5) is 0 Å². The van der Waals surface area contributed by atoms with E-state index in [1.165, 1.54) is 0 Å². The first kappa shape index (κ1) is 36.5. The quantitative estimate of drug-likeness (QED) is 0.175. The highest BCUT2D eigenvalue weighted by Crippen LogP contribution is 2.64. The molecule has 8 aromatic carbocycles. The van der Waals surface area contributed by atoms with Crippen LogP contribution in [-0.4, -0.2) is 28.4 Å². The van der Waals surface area contributed by atoms with Crippen LogP contribution in [0.25, 0.3) is 89.8 Å². The molecule has 1 atom stereocenters. The minimum atomic E-state index is -3.74. The average Bonchev–Trinajstić information content (AvgIpc) is 3.75. The van der Waals surface area contributed by atoms with E-state index in [-0.39, 0.29) is 0 Å². The Labute approximate surface area is 370 Å². The molecule has 0 radical (unpaired) electrons. The van der Waals surface area contributed by atoms with Crippen molar-refractivity contribution in [3.63, 3.8) is 0 Å². The van der Waals surface area contributed by atoms with Gasteiger partial charge in [-0.1, -0.05) is 170 Å². The van der Waals surface area contributed by atoms with Crippen LogP contribution in [0.3, 0.4) is 0 Å². The van der Waals surface area contributed by atoms with Crippen LogP contribution < -0.4 is 0 Å². The van der Waals surface area contributed by atoms with Gasteiger partial charge in [-0.3, -0.25) is 0 Å². The van der Waals surface area contributed by atoms with Gasteiger partial charge in [-0.25, -0.2) is 28.4 Å². The monoisotopic (exact) mass is 838 g/mol. The van der Waals surface area contributed by atoms with E-state index >= 15 is 0 Å². The van der Waals surface area contributed by atoms with Crippen molar-refractivity contribution in [1.82, 2.24) is 19.9 Å². The molecule has 1 aliphatic heterocycles. The predicted octanol–water partition coefficient (Wildman–Crippen LogP) is 12.8. The molecule has 64 heavy (non-hydrogen) atoms. The second-order valence-electron chi connectivity index (χ2n) is 16.5. The van der Waals surface area contributed by atoms with Gasteiger partial charge in [0.05, 0.1) is 26.6 Å². The zero-order valence-corrected chi connectivity index (χ0v) is 35.0. The van der Waals surface area contributed by atoms with Gasteiger partial charge >= 0.3 is 0 Å². The Morgan fingerprint density at radius 3 is 1.59 bits per heavy atom. The molecule has 0 amide bonds. The summed E-state index contributed by atoms with van der Waals surface area (Å²) in [6, 6.07) is 66.0. The van der Waals surface area contributed by atoms with Crippen molar-refractivity contribution >= 4 is 9.84 Å². The Hall–Kier alpha value is -8.13. The van der Waals surface area contributed by atoms with Crippen LogP contribution in [0.5, 0.6) is 0 Å². The van der Waals surface area contributed by atoms with E-state index in [4.69, 9.17) is 19.9 Å². The van der Waals surface area contributed by atoms with E-state index in [1.807, 2.05) is 91.3 Å². The van der Waals surface area contributed by atoms with Crippen molar-refractivity contribution in [1.29, 1.82) is 0 Å². The van der Waals surface area contributed by atoms with Crippen molar-refractivity contribution in [3.8, 4) is 89.8 Å². The van der Waals surface area contributed by atoms with Crippen LogP contribution in [0.15, 0.2) is 216 Å². The maximum Gasteiger partial charge on any atom is 0.207 e. The lowest BCUT2D eigenvalue weighted by Gasteiger charge is -2.35. The maximum absolute atomic E-state index is 14.3. The van der Waals surface area contributed by atoms with Crippen LogP contribution in [-0.2, 0) is 15.3 Å². The Bertz CT molecular complexity index is 3680. The molecule has 2 aromatic heterocycles. The van der Waals surface area contributed by atoms with Crippen molar-refractivity contribution in [2.24, 2.45) is 0 Å². The van der Waals surface area contributed by atoms with Crippen molar-refractivity contribution in [2.45, 2.75) is 15.2 Å². The van der Waals surface area contributed by atoms with Gasteiger partial charge < -0.3 is 0 Å². The molecular formula is C57H34N4O2S. The summed E-state index contributed by atoms with van der Waals surface area (Å²) in [4.78, 5) is 20.8. The van der Waals surface area contributed by atoms with E-state index in [9.17, 15) is 8.42 Å². The third-order valence-electron chi connectivity index (χ3n) is 13.2. The summed E-state index contributed by atoms with van der Waals surface area (Å²) < 4.78 is 28.6. The average molecular weight is 839 g/mol. The highest BCUT2D eigenvalue weighted by Gasteiger charge is 2.52. The molecule has 0 fully saturated rings. The Morgan fingerprint density at radius 1 is 0.344 bits per heavy atom. The fraction of sp³-hybridized carbons (Fsp3) is 0.0175. The maximum atomic E-state index is 14.3. The fourth-order valence-corrected chi connectivity index (χ4v) is 12.2. The zero-order chi connectivity index (χ0) is 42.6. The van der Waals surface area contributed by atoms with Gasteiger partial charge in [0.15, 0.2) is 11.6 Å². The Balaban J connectivity index is 1.11. The Kier molecular flexibility index (Phi) is 7.81. The number of fused-ring (bicyclic) bond motifs is 16. The number of nitrogens with zero attached hydrogens (tertiary/aromatic N) is 4. The molecule has 0 N–H and O–H groups in total. The lowest BCUT2D eigenvalue weighted by atomic mass is 9.65. The minimum absolute atomic E-state index is 0.345. The van der Waals surface area contributed by atoms with E-state index in [1.54, 1.807) is 6.07 Å². The second-order valence-corrected chi connectivity index (χ2v) is 18.4. The van der Waals surface area contributed by atoms with Gasteiger partial charge in [0.2, 0.25) is 9.84 Å². The van der Waals surface area contributed by atoms with Crippen molar-refractivity contribution in [2.75, 3.05) is 0 Å². The van der Waals surface area contributed by atoms with Crippen LogP contribution in [0, 0.1) is 0 Å². The largest absolute Gasteiger partial charge is 0.236 e. The first-order chi connectivity index (χ1) is 31.5. The smallest absolute Gasteiger partial charge is 0.207 e. The van der Waals surface area contributed by atoms with Gasteiger partial charge in [-0.2, -0.15) is 0 Å². The summed E-state index contributed by atoms with van der Waals surface area (Å²) >= 11 is 0. The number of benzene rings is 8. The topological polar surface area (TPSA) is 85.7 Å². The molecule has 1 unspecified atom stereocenters. The lowest BCUT2D eigenvalue weighted by molar-refractivity contribution is 0.598. The highest BCUT2D eigenvalue weighted by molar-refractivity contribution is 7.92. The molecule has 10 aromatic rings. The summed E-state index contributed by atoms with van der Waals surface area (Å²) in [6.45, 7) is 0. The highest BCUT2D eigenvalue weighted by atomic mass is 32.2. The molecule has 1 spiro atoms. The lowest BCUT2D eigenvalue weighted by Crippen LogP contribution is -2.29. The molecule has 0 bridgehead atoms. The molecule has 7 heteroatoms. The summed E-state index contributed by atoms with van der Waals surface area (Å²) in [7, 11) is -3.74. The zero-order valence-electron chi connectivity index (χ0n) is 34.1. The predicted molar refractivity (Wildman–Crippen MR) is 252 cm³/mol. The second kappa shape index (κ2) is 13.7.